The van der Waals surface area contributed by atoms with Crippen LogP contribution in [0.4, 0.5) is 13.2 Å². The molecule has 0 saturated carbocycles. The van der Waals surface area contributed by atoms with Gasteiger partial charge in [0, 0.05) is 0 Å². The van der Waals surface area contributed by atoms with Crippen molar-refractivity contribution in [3.8, 4) is 0 Å². The van der Waals surface area contributed by atoms with Crippen molar-refractivity contribution in [3.05, 3.63) is 0 Å². The normalized spacial score (nSPS) is 14.8. The maximum Gasteiger partial charge on any atom is 0.395 e. The second kappa shape index (κ2) is 6.51. The van der Waals surface area contributed by atoms with Crippen molar-refractivity contribution in [1.29, 1.82) is 0 Å². The molecule has 0 saturated heterocycles. The van der Waals surface area contributed by atoms with Crippen LogP contribution < -0.4 is 24.0 Å². The molecular weight excluding hydrogens is 323 g/mol. The third-order valence-electron chi connectivity index (χ3n) is 3.12. The lowest BCUT2D eigenvalue weighted by Gasteiger charge is -2.37. The van der Waals surface area contributed by atoms with Crippen molar-refractivity contribution < 1.29 is 37.1 Å². The van der Waals surface area contributed by atoms with Gasteiger partial charge in [0.15, 0.2) is 0 Å². The van der Waals surface area contributed by atoms with E-state index in [1.807, 2.05) is 30.0 Å². The summed E-state index contributed by atoms with van der Waals surface area (Å²) in [4.78, 5) is 0. The van der Waals surface area contributed by atoms with Gasteiger partial charge in [0.2, 0.25) is 24.0 Å². The molecule has 0 spiro atoms. The summed E-state index contributed by atoms with van der Waals surface area (Å²) in [6.45, 7) is 5.49. The van der Waals surface area contributed by atoms with Crippen LogP contribution in [0.1, 0.15) is 40.0 Å². The molecule has 88 valence electrons. The monoisotopic (exact) mass is 343 g/mol. The first-order valence-electron chi connectivity index (χ1n) is 4.66. The Bertz CT molecular complexity index is 146. The van der Waals surface area contributed by atoms with E-state index < -0.39 is 17.3 Å². The van der Waals surface area contributed by atoms with Gasteiger partial charge in [-0.1, -0.05) is 20.8 Å². The van der Waals surface area contributed by atoms with Crippen LogP contribution in [0.25, 0.3) is 0 Å². The molecule has 2 atom stereocenters. The van der Waals surface area contributed by atoms with Crippen molar-refractivity contribution >= 4 is 9.24 Å². The molecule has 0 aromatic rings. The molecule has 0 aromatic carbocycles. The Labute approximate surface area is 104 Å². The van der Waals surface area contributed by atoms with Crippen molar-refractivity contribution in [2.75, 3.05) is 0 Å². The largest absolute Gasteiger partial charge is 0.395 e. The predicted octanol–water partition coefficient (Wildman–Crippen LogP) is 0.477. The van der Waals surface area contributed by atoms with Crippen LogP contribution >= 0.6 is 9.24 Å². The first-order valence-corrected chi connectivity index (χ1v) is 5.33. The molecule has 0 radical (unpaired) electrons. The third-order valence-corrected chi connectivity index (χ3v) is 4.21. The summed E-state index contributed by atoms with van der Waals surface area (Å²) >= 11 is 0. The van der Waals surface area contributed by atoms with Crippen molar-refractivity contribution in [2.45, 2.75) is 51.9 Å². The zero-order valence-electron chi connectivity index (χ0n) is 8.86. The van der Waals surface area contributed by atoms with Crippen LogP contribution in [0.3, 0.4) is 0 Å². The zero-order chi connectivity index (χ0) is 10.7. The number of halogens is 4. The second-order valence-corrected chi connectivity index (χ2v) is 4.11. The van der Waals surface area contributed by atoms with Gasteiger partial charge in [-0.15, -0.1) is 9.24 Å². The van der Waals surface area contributed by atoms with E-state index in [2.05, 4.69) is 0 Å². The van der Waals surface area contributed by atoms with E-state index in [0.29, 0.717) is 19.3 Å². The Morgan fingerprint density at radius 3 is 1.36 bits per heavy atom. The molecule has 0 nitrogen and oxygen atoms in total. The van der Waals surface area contributed by atoms with Gasteiger partial charge in [-0.3, -0.25) is 0 Å². The highest BCUT2D eigenvalue weighted by molar-refractivity contribution is 7.17. The molecule has 0 aliphatic carbocycles. The quantitative estimate of drug-likeness (QED) is 0.515. The summed E-state index contributed by atoms with van der Waals surface area (Å²) in [5.41, 5.74) is -1.87. The zero-order valence-corrected chi connectivity index (χ0v) is 12.6. The van der Waals surface area contributed by atoms with Crippen LogP contribution in [-0.2, 0) is 0 Å². The van der Waals surface area contributed by atoms with Gasteiger partial charge < -0.3 is 0 Å². The lowest BCUT2D eigenvalue weighted by Crippen LogP contribution is -3.00. The summed E-state index contributed by atoms with van der Waals surface area (Å²) in [6, 6.07) is 0. The smallest absolute Gasteiger partial charge is 0.170 e. The van der Waals surface area contributed by atoms with E-state index >= 15 is 0 Å². The molecule has 2 unspecified atom stereocenters. The lowest BCUT2D eigenvalue weighted by atomic mass is 9.76. The van der Waals surface area contributed by atoms with E-state index in [-0.39, 0.29) is 24.0 Å². The molecule has 0 rings (SSSR count). The molecule has 5 heteroatoms. The Morgan fingerprint density at radius 1 is 1.00 bits per heavy atom. The minimum absolute atomic E-state index is 0. The third kappa shape index (κ3) is 3.84. The summed E-state index contributed by atoms with van der Waals surface area (Å²) in [5.74, 6) is 0. The first-order chi connectivity index (χ1) is 5.84. The fourth-order valence-corrected chi connectivity index (χ4v) is 2.46. The highest BCUT2D eigenvalue weighted by Gasteiger charge is 2.47. The minimum Gasteiger partial charge on any atom is -0.170 e. The second-order valence-electron chi connectivity index (χ2n) is 3.44. The highest BCUT2D eigenvalue weighted by atomic mass is 127. The number of hydrogen-bond acceptors (Lipinski definition) is 0. The number of rotatable bonds is 4. The molecule has 0 fully saturated rings. The Balaban J connectivity index is 0. The van der Waals surface area contributed by atoms with Crippen LogP contribution in [0.15, 0.2) is 0 Å². The summed E-state index contributed by atoms with van der Waals surface area (Å²) < 4.78 is 37.5. The summed E-state index contributed by atoms with van der Waals surface area (Å²) in [6.07, 6.45) is -2.36. The number of alkyl halides is 3. The molecule has 0 aromatic heterocycles. The lowest BCUT2D eigenvalue weighted by molar-refractivity contribution is -0.153. The maximum atomic E-state index is 12.5. The van der Waals surface area contributed by atoms with E-state index in [1.165, 1.54) is 0 Å². The molecule has 14 heavy (non-hydrogen) atoms. The topological polar surface area (TPSA) is 0 Å². The molecule has 0 bridgehead atoms. The Hall–Kier alpha value is 0.950. The van der Waals surface area contributed by atoms with E-state index in [0.717, 1.165) is 0 Å². The molecule has 0 heterocycles. The van der Waals surface area contributed by atoms with Gasteiger partial charge in [-0.05, 0) is 24.7 Å². The van der Waals surface area contributed by atoms with Crippen molar-refractivity contribution in [2.24, 2.45) is 5.41 Å². The maximum absolute atomic E-state index is 12.5. The summed E-state index contributed by atoms with van der Waals surface area (Å²) in [7, 11) is 1.96. The van der Waals surface area contributed by atoms with E-state index in [4.69, 9.17) is 0 Å². The number of hydrogen-bond donors (Lipinski definition) is 0. The Morgan fingerprint density at radius 2 is 1.29 bits per heavy atom. The SMILES string of the molecule is CCC(CC)(CC)C(P)C(F)(F)F.[IH2+]. The van der Waals surface area contributed by atoms with Crippen LogP contribution in [-0.4, -0.2) is 11.8 Å². The van der Waals surface area contributed by atoms with Gasteiger partial charge in [0.25, 0.3) is 0 Å². The van der Waals surface area contributed by atoms with Crippen molar-refractivity contribution in [3.63, 3.8) is 0 Å². The first kappa shape index (κ1) is 17.3. The average Bonchev–Trinajstić information content (AvgIpc) is 2.07. The minimum atomic E-state index is -4.09. The Kier molecular flexibility index (Phi) is 8.07. The van der Waals surface area contributed by atoms with Gasteiger partial charge in [0.05, 0.1) is 5.66 Å². The van der Waals surface area contributed by atoms with Crippen LogP contribution in [0, 0.1) is 5.41 Å². The predicted molar refractivity (Wildman–Crippen MR) is 55.6 cm³/mol. The van der Waals surface area contributed by atoms with Crippen LogP contribution in [0.2, 0.25) is 0 Å². The van der Waals surface area contributed by atoms with E-state index in [9.17, 15) is 13.2 Å². The molecule has 0 aliphatic heterocycles. The van der Waals surface area contributed by atoms with Crippen molar-refractivity contribution in [1.82, 2.24) is 0 Å². The molecule has 0 aliphatic rings. The highest BCUT2D eigenvalue weighted by Crippen LogP contribution is 2.46. The average molecular weight is 343 g/mol. The van der Waals surface area contributed by atoms with Gasteiger partial charge in [-0.2, -0.15) is 13.2 Å². The van der Waals surface area contributed by atoms with Gasteiger partial charge in [-0.25, -0.2) is 0 Å². The van der Waals surface area contributed by atoms with E-state index in [1.54, 1.807) is 0 Å². The molecular formula is C9H20F3IP+. The summed E-state index contributed by atoms with van der Waals surface area (Å²) in [5, 5.41) is 0. The molecule has 0 N–H and O–H groups in total. The van der Waals surface area contributed by atoms with Crippen LogP contribution in [0.5, 0.6) is 0 Å². The standard InChI is InChI=1S/C9H18F3P.H2I/c1-4-8(5-2,6-3)7(13)9(10,11)12;/h7H,4-6,13H2,1-3H3;1H2/q;+1. The van der Waals surface area contributed by atoms with Gasteiger partial charge >= 0.3 is 6.18 Å². The fraction of sp³-hybridized carbons (Fsp3) is 1.00. The fourth-order valence-electron chi connectivity index (χ4n) is 1.76. The van der Waals surface area contributed by atoms with Gasteiger partial charge in [0.1, 0.15) is 0 Å². The molecule has 0 amide bonds.